The number of ether oxygens (including phenoxy) is 1. The van der Waals surface area contributed by atoms with Gasteiger partial charge in [-0.2, -0.15) is 13.2 Å². The molecule has 0 bridgehead atoms. The highest BCUT2D eigenvalue weighted by atomic mass is 79.9. The second-order valence-electron chi connectivity index (χ2n) is 3.58. The highest BCUT2D eigenvalue weighted by Gasteiger charge is 2.25. The van der Waals surface area contributed by atoms with E-state index in [0.717, 1.165) is 10.0 Å². The van der Waals surface area contributed by atoms with Crippen molar-refractivity contribution in [1.82, 2.24) is 0 Å². The largest absolute Gasteiger partial charge is 0.398 e. The number of anilines is 1. The normalized spacial score (nSPS) is 11.8. The molecule has 1 rings (SSSR count). The number of benzene rings is 1. The van der Waals surface area contributed by atoms with Crippen LogP contribution in [0.25, 0.3) is 0 Å². The van der Waals surface area contributed by atoms with Crippen LogP contribution in [0.2, 0.25) is 0 Å². The Morgan fingerprint density at radius 1 is 1.29 bits per heavy atom. The zero-order valence-corrected chi connectivity index (χ0v) is 10.6. The molecule has 2 nitrogen and oxygen atoms in total. The first-order chi connectivity index (χ1) is 7.90. The molecule has 0 aliphatic heterocycles. The van der Waals surface area contributed by atoms with Crippen LogP contribution in [0.5, 0.6) is 0 Å². The van der Waals surface area contributed by atoms with Gasteiger partial charge in [0.05, 0.1) is 6.61 Å². The molecule has 96 valence electrons. The Morgan fingerprint density at radius 3 is 2.59 bits per heavy atom. The van der Waals surface area contributed by atoms with Gasteiger partial charge in [0, 0.05) is 28.8 Å². The average molecular weight is 312 g/mol. The van der Waals surface area contributed by atoms with Gasteiger partial charge in [-0.1, -0.05) is 22.0 Å². The molecule has 6 heteroatoms. The maximum absolute atomic E-state index is 11.9. The first kappa shape index (κ1) is 14.3. The molecule has 17 heavy (non-hydrogen) atoms. The topological polar surface area (TPSA) is 35.2 Å². The Kier molecular flexibility index (Phi) is 5.27. The van der Waals surface area contributed by atoms with Crippen LogP contribution in [-0.2, 0) is 11.3 Å². The molecule has 2 N–H and O–H groups in total. The van der Waals surface area contributed by atoms with E-state index >= 15 is 0 Å². The molecule has 0 saturated carbocycles. The zero-order chi connectivity index (χ0) is 12.9. The molecule has 0 aliphatic carbocycles. The van der Waals surface area contributed by atoms with Crippen LogP contribution in [0.1, 0.15) is 18.4 Å². The van der Waals surface area contributed by atoms with Gasteiger partial charge >= 0.3 is 6.18 Å². The van der Waals surface area contributed by atoms with Gasteiger partial charge in [-0.05, 0) is 18.6 Å². The van der Waals surface area contributed by atoms with Gasteiger partial charge in [0.25, 0.3) is 0 Å². The van der Waals surface area contributed by atoms with E-state index in [0.29, 0.717) is 5.69 Å². The van der Waals surface area contributed by atoms with Gasteiger partial charge in [-0.15, -0.1) is 0 Å². The number of alkyl halides is 3. The third-order valence-corrected chi connectivity index (χ3v) is 2.89. The lowest BCUT2D eigenvalue weighted by Gasteiger charge is -2.10. The smallest absolute Gasteiger partial charge is 0.389 e. The van der Waals surface area contributed by atoms with Crippen LogP contribution in [-0.4, -0.2) is 12.8 Å². The van der Waals surface area contributed by atoms with Crippen molar-refractivity contribution in [3.8, 4) is 0 Å². The Balaban J connectivity index is 2.32. The van der Waals surface area contributed by atoms with Crippen LogP contribution in [0.15, 0.2) is 22.7 Å². The fraction of sp³-hybridized carbons (Fsp3) is 0.455. The third kappa shape index (κ3) is 5.41. The first-order valence-electron chi connectivity index (χ1n) is 5.07. The second kappa shape index (κ2) is 6.26. The number of rotatable bonds is 5. The minimum Gasteiger partial charge on any atom is -0.398 e. The SMILES string of the molecule is Nc1cccc(Br)c1COCCCC(F)(F)F. The maximum atomic E-state index is 11.9. The summed E-state index contributed by atoms with van der Waals surface area (Å²) in [6, 6.07) is 5.32. The van der Waals surface area contributed by atoms with Crippen LogP contribution in [0.4, 0.5) is 18.9 Å². The molecule has 1 aromatic carbocycles. The molecular formula is C11H13BrF3NO. The molecule has 0 atom stereocenters. The van der Waals surface area contributed by atoms with Gasteiger partial charge in [0.15, 0.2) is 0 Å². The lowest BCUT2D eigenvalue weighted by Crippen LogP contribution is -2.09. The Bertz CT molecular complexity index is 348. The summed E-state index contributed by atoms with van der Waals surface area (Å²) < 4.78 is 41.5. The van der Waals surface area contributed by atoms with Crippen molar-refractivity contribution in [3.63, 3.8) is 0 Å². The summed E-state index contributed by atoms with van der Waals surface area (Å²) >= 11 is 3.31. The van der Waals surface area contributed by atoms with Crippen molar-refractivity contribution >= 4 is 21.6 Å². The minimum absolute atomic E-state index is 0.0339. The summed E-state index contributed by atoms with van der Waals surface area (Å²) in [5, 5.41) is 0. The van der Waals surface area contributed by atoms with Crippen LogP contribution in [0.3, 0.4) is 0 Å². The number of hydrogen-bond acceptors (Lipinski definition) is 2. The van der Waals surface area contributed by atoms with E-state index in [2.05, 4.69) is 15.9 Å². The molecule has 0 spiro atoms. The van der Waals surface area contributed by atoms with Crippen molar-refractivity contribution in [2.24, 2.45) is 0 Å². The molecule has 0 fully saturated rings. The lowest BCUT2D eigenvalue weighted by molar-refractivity contribution is -0.138. The first-order valence-corrected chi connectivity index (χ1v) is 5.87. The van der Waals surface area contributed by atoms with E-state index < -0.39 is 12.6 Å². The summed E-state index contributed by atoms with van der Waals surface area (Å²) in [6.07, 6.45) is -4.97. The molecule has 0 aromatic heterocycles. The molecule has 0 aliphatic rings. The summed E-state index contributed by atoms with van der Waals surface area (Å²) in [5.74, 6) is 0. The van der Waals surface area contributed by atoms with E-state index in [9.17, 15) is 13.2 Å². The van der Waals surface area contributed by atoms with Crippen molar-refractivity contribution < 1.29 is 17.9 Å². The fourth-order valence-corrected chi connectivity index (χ4v) is 1.77. The number of nitrogens with two attached hydrogens (primary N) is 1. The molecule has 0 amide bonds. The van der Waals surface area contributed by atoms with Gasteiger partial charge in [0.1, 0.15) is 0 Å². The highest BCUT2D eigenvalue weighted by Crippen LogP contribution is 2.24. The predicted octanol–water partition coefficient (Wildman–Crippen LogP) is 3.89. The third-order valence-electron chi connectivity index (χ3n) is 2.15. The van der Waals surface area contributed by atoms with Gasteiger partial charge < -0.3 is 10.5 Å². The van der Waals surface area contributed by atoms with Gasteiger partial charge in [-0.25, -0.2) is 0 Å². The van der Waals surface area contributed by atoms with Crippen LogP contribution in [0, 0.1) is 0 Å². The highest BCUT2D eigenvalue weighted by molar-refractivity contribution is 9.10. The molecule has 0 heterocycles. The van der Waals surface area contributed by atoms with E-state index in [-0.39, 0.29) is 19.6 Å². The van der Waals surface area contributed by atoms with Gasteiger partial charge in [0.2, 0.25) is 0 Å². The van der Waals surface area contributed by atoms with Crippen LogP contribution < -0.4 is 5.73 Å². The van der Waals surface area contributed by atoms with E-state index in [4.69, 9.17) is 10.5 Å². The lowest BCUT2D eigenvalue weighted by atomic mass is 10.2. The monoisotopic (exact) mass is 311 g/mol. The quantitative estimate of drug-likeness (QED) is 0.661. The summed E-state index contributed by atoms with van der Waals surface area (Å²) in [7, 11) is 0. The Morgan fingerprint density at radius 2 is 2.00 bits per heavy atom. The van der Waals surface area contributed by atoms with E-state index in [1.165, 1.54) is 0 Å². The van der Waals surface area contributed by atoms with Gasteiger partial charge in [-0.3, -0.25) is 0 Å². The average Bonchev–Trinajstić information content (AvgIpc) is 2.20. The summed E-state index contributed by atoms with van der Waals surface area (Å²) in [5.41, 5.74) is 7.04. The second-order valence-corrected chi connectivity index (χ2v) is 4.43. The predicted molar refractivity (Wildman–Crippen MR) is 63.5 cm³/mol. The molecule has 0 saturated heterocycles. The van der Waals surface area contributed by atoms with Crippen molar-refractivity contribution in [1.29, 1.82) is 0 Å². The Labute approximate surface area is 106 Å². The van der Waals surface area contributed by atoms with E-state index in [1.807, 2.05) is 6.07 Å². The van der Waals surface area contributed by atoms with Crippen molar-refractivity contribution in [2.75, 3.05) is 12.3 Å². The fourth-order valence-electron chi connectivity index (χ4n) is 1.28. The number of hydrogen-bond donors (Lipinski definition) is 1. The standard InChI is InChI=1S/C11H13BrF3NO/c12-9-3-1-4-10(16)8(9)7-17-6-2-5-11(13,14)15/h1,3-4H,2,5-7,16H2. The summed E-state index contributed by atoms with van der Waals surface area (Å²) in [6.45, 7) is 0.283. The molecular weight excluding hydrogens is 299 g/mol. The Hall–Kier alpha value is -0.750. The van der Waals surface area contributed by atoms with Crippen LogP contribution >= 0.6 is 15.9 Å². The minimum atomic E-state index is -4.12. The number of nitrogen functional groups attached to an aromatic ring is 1. The molecule has 0 radical (unpaired) electrons. The molecule has 0 unspecified atom stereocenters. The van der Waals surface area contributed by atoms with Crippen molar-refractivity contribution in [2.45, 2.75) is 25.6 Å². The number of halogens is 4. The van der Waals surface area contributed by atoms with Crippen molar-refractivity contribution in [3.05, 3.63) is 28.2 Å². The zero-order valence-electron chi connectivity index (χ0n) is 9.06. The summed E-state index contributed by atoms with van der Waals surface area (Å²) in [4.78, 5) is 0. The van der Waals surface area contributed by atoms with E-state index in [1.54, 1.807) is 12.1 Å². The maximum Gasteiger partial charge on any atom is 0.389 e. The molecule has 1 aromatic rings.